The van der Waals surface area contributed by atoms with Gasteiger partial charge in [-0.1, -0.05) is 33.6 Å². The molecule has 0 spiro atoms. The van der Waals surface area contributed by atoms with Crippen molar-refractivity contribution in [2.24, 2.45) is 0 Å². The SMILES string of the molecule is Nc1ccc(C(=O)Cc2ccc(Br)cc2Cl)cc1Br. The molecule has 2 rings (SSSR count). The van der Waals surface area contributed by atoms with Crippen molar-refractivity contribution in [3.8, 4) is 0 Å². The van der Waals surface area contributed by atoms with Crippen LogP contribution in [0.25, 0.3) is 0 Å². The molecule has 0 heterocycles. The van der Waals surface area contributed by atoms with Gasteiger partial charge in [0.25, 0.3) is 0 Å². The van der Waals surface area contributed by atoms with Crippen molar-refractivity contribution < 1.29 is 4.79 Å². The molecule has 0 aliphatic carbocycles. The van der Waals surface area contributed by atoms with Crippen LogP contribution in [0, 0.1) is 0 Å². The van der Waals surface area contributed by atoms with E-state index in [4.69, 9.17) is 17.3 Å². The lowest BCUT2D eigenvalue weighted by Crippen LogP contribution is -2.04. The normalized spacial score (nSPS) is 10.5. The number of anilines is 1. The summed E-state index contributed by atoms with van der Waals surface area (Å²) in [6, 6.07) is 10.6. The monoisotopic (exact) mass is 401 g/mol. The van der Waals surface area contributed by atoms with Gasteiger partial charge in [0, 0.05) is 31.6 Å². The van der Waals surface area contributed by atoms with Crippen LogP contribution in [0.1, 0.15) is 15.9 Å². The largest absolute Gasteiger partial charge is 0.398 e. The molecule has 5 heteroatoms. The standard InChI is InChI=1S/C14H10Br2ClNO/c15-10-3-1-8(12(17)7-10)6-14(19)9-2-4-13(18)11(16)5-9/h1-5,7H,6,18H2. The molecular formula is C14H10Br2ClNO. The Morgan fingerprint density at radius 2 is 1.89 bits per heavy atom. The van der Waals surface area contributed by atoms with Gasteiger partial charge in [-0.05, 0) is 51.8 Å². The first-order chi connectivity index (χ1) is 8.97. The van der Waals surface area contributed by atoms with Crippen molar-refractivity contribution in [1.82, 2.24) is 0 Å². The maximum atomic E-state index is 12.2. The minimum atomic E-state index is 0.00456. The maximum absolute atomic E-state index is 12.2. The third kappa shape index (κ3) is 3.59. The molecule has 2 aromatic carbocycles. The fraction of sp³-hybridized carbons (Fsp3) is 0.0714. The first-order valence-electron chi connectivity index (χ1n) is 5.49. The molecule has 0 amide bonds. The summed E-state index contributed by atoms with van der Waals surface area (Å²) in [5, 5.41) is 0.581. The third-order valence-electron chi connectivity index (χ3n) is 2.69. The summed E-state index contributed by atoms with van der Waals surface area (Å²) < 4.78 is 1.61. The van der Waals surface area contributed by atoms with Crippen molar-refractivity contribution in [1.29, 1.82) is 0 Å². The second-order valence-corrected chi connectivity index (χ2v) is 6.25. The zero-order valence-corrected chi connectivity index (χ0v) is 13.7. The number of rotatable bonds is 3. The summed E-state index contributed by atoms with van der Waals surface area (Å²) in [5.41, 5.74) is 7.73. The predicted octanol–water partition coefficient (Wildman–Crippen LogP) is 4.87. The summed E-state index contributed by atoms with van der Waals surface area (Å²) in [5.74, 6) is 0.00456. The number of halogens is 3. The van der Waals surface area contributed by atoms with Gasteiger partial charge in [0.05, 0.1) is 0 Å². The number of carbonyl (C=O) groups excluding carboxylic acids is 1. The fourth-order valence-electron chi connectivity index (χ4n) is 1.64. The van der Waals surface area contributed by atoms with E-state index in [0.717, 1.165) is 14.5 Å². The highest BCUT2D eigenvalue weighted by Crippen LogP contribution is 2.24. The lowest BCUT2D eigenvalue weighted by atomic mass is 10.0. The van der Waals surface area contributed by atoms with Crippen LogP contribution in [0.3, 0.4) is 0 Å². The zero-order valence-electron chi connectivity index (χ0n) is 9.79. The highest BCUT2D eigenvalue weighted by Gasteiger charge is 2.11. The van der Waals surface area contributed by atoms with E-state index in [2.05, 4.69) is 31.9 Å². The maximum Gasteiger partial charge on any atom is 0.167 e. The smallest absolute Gasteiger partial charge is 0.167 e. The molecule has 2 N–H and O–H groups in total. The Labute approximate surface area is 133 Å². The van der Waals surface area contributed by atoms with Crippen LogP contribution in [0.2, 0.25) is 5.02 Å². The second-order valence-electron chi connectivity index (χ2n) is 4.07. The number of carbonyl (C=O) groups is 1. The molecule has 19 heavy (non-hydrogen) atoms. The van der Waals surface area contributed by atoms with E-state index < -0.39 is 0 Å². The summed E-state index contributed by atoms with van der Waals surface area (Å²) in [6.07, 6.45) is 0.266. The van der Waals surface area contributed by atoms with Gasteiger partial charge in [0.1, 0.15) is 0 Å². The Morgan fingerprint density at radius 3 is 2.53 bits per heavy atom. The summed E-state index contributed by atoms with van der Waals surface area (Å²) in [7, 11) is 0. The average molecular weight is 404 g/mol. The van der Waals surface area contributed by atoms with Crippen molar-refractivity contribution in [3.63, 3.8) is 0 Å². The molecule has 0 radical (unpaired) electrons. The van der Waals surface area contributed by atoms with Crippen LogP contribution >= 0.6 is 43.5 Å². The molecule has 0 bridgehead atoms. The molecule has 0 unspecified atom stereocenters. The zero-order chi connectivity index (χ0) is 14.0. The minimum Gasteiger partial charge on any atom is -0.398 e. The number of benzene rings is 2. The van der Waals surface area contributed by atoms with Crippen molar-refractivity contribution in [2.75, 3.05) is 5.73 Å². The van der Waals surface area contributed by atoms with Crippen LogP contribution in [0.15, 0.2) is 45.3 Å². The van der Waals surface area contributed by atoms with E-state index in [0.29, 0.717) is 16.3 Å². The number of nitrogens with two attached hydrogens (primary N) is 1. The van der Waals surface area contributed by atoms with Gasteiger partial charge in [0.15, 0.2) is 5.78 Å². The van der Waals surface area contributed by atoms with Gasteiger partial charge < -0.3 is 5.73 Å². The third-order valence-corrected chi connectivity index (χ3v) is 4.22. The van der Waals surface area contributed by atoms with E-state index in [1.54, 1.807) is 24.3 Å². The van der Waals surface area contributed by atoms with E-state index in [9.17, 15) is 4.79 Å². The van der Waals surface area contributed by atoms with Gasteiger partial charge in [-0.3, -0.25) is 4.79 Å². The molecule has 0 aromatic heterocycles. The average Bonchev–Trinajstić information content (AvgIpc) is 2.36. The van der Waals surface area contributed by atoms with Crippen molar-refractivity contribution in [2.45, 2.75) is 6.42 Å². The van der Waals surface area contributed by atoms with Crippen molar-refractivity contribution in [3.05, 3.63) is 61.5 Å². The first-order valence-corrected chi connectivity index (χ1v) is 7.46. The molecule has 0 atom stereocenters. The van der Waals surface area contributed by atoms with Gasteiger partial charge >= 0.3 is 0 Å². The van der Waals surface area contributed by atoms with Gasteiger partial charge in [-0.15, -0.1) is 0 Å². The number of nitrogen functional groups attached to an aromatic ring is 1. The summed E-state index contributed by atoms with van der Waals surface area (Å²) >= 11 is 12.8. The fourth-order valence-corrected chi connectivity index (χ4v) is 2.76. The van der Waals surface area contributed by atoms with Gasteiger partial charge in [-0.2, -0.15) is 0 Å². The molecule has 0 saturated heterocycles. The van der Waals surface area contributed by atoms with Crippen LogP contribution in [0.4, 0.5) is 5.69 Å². The highest BCUT2D eigenvalue weighted by atomic mass is 79.9. The van der Waals surface area contributed by atoms with E-state index in [1.807, 2.05) is 12.1 Å². The number of Topliss-reactive ketones (excluding diaryl/α,β-unsaturated/α-hetero) is 1. The first kappa shape index (κ1) is 14.6. The van der Waals surface area contributed by atoms with Crippen LogP contribution in [-0.2, 0) is 6.42 Å². The summed E-state index contributed by atoms with van der Waals surface area (Å²) in [6.45, 7) is 0. The predicted molar refractivity (Wildman–Crippen MR) is 85.7 cm³/mol. The molecule has 2 aromatic rings. The van der Waals surface area contributed by atoms with E-state index in [-0.39, 0.29) is 12.2 Å². The lowest BCUT2D eigenvalue weighted by Gasteiger charge is -2.06. The van der Waals surface area contributed by atoms with Crippen molar-refractivity contribution >= 4 is 54.9 Å². The topological polar surface area (TPSA) is 43.1 Å². The number of ketones is 1. The van der Waals surface area contributed by atoms with E-state index in [1.165, 1.54) is 0 Å². The Bertz CT molecular complexity index is 643. The Balaban J connectivity index is 2.23. The molecule has 0 fully saturated rings. The van der Waals surface area contributed by atoms with Crippen LogP contribution in [-0.4, -0.2) is 5.78 Å². The minimum absolute atomic E-state index is 0.00456. The van der Waals surface area contributed by atoms with Crippen LogP contribution in [0.5, 0.6) is 0 Å². The lowest BCUT2D eigenvalue weighted by molar-refractivity contribution is 0.0993. The highest BCUT2D eigenvalue weighted by molar-refractivity contribution is 9.10. The second kappa shape index (κ2) is 6.07. The number of hydrogen-bond acceptors (Lipinski definition) is 2. The summed E-state index contributed by atoms with van der Waals surface area (Å²) in [4.78, 5) is 12.2. The molecular weight excluding hydrogens is 393 g/mol. The molecule has 0 aliphatic rings. The van der Waals surface area contributed by atoms with E-state index >= 15 is 0 Å². The molecule has 2 nitrogen and oxygen atoms in total. The van der Waals surface area contributed by atoms with Gasteiger partial charge in [0.2, 0.25) is 0 Å². The number of hydrogen-bond donors (Lipinski definition) is 1. The van der Waals surface area contributed by atoms with Gasteiger partial charge in [-0.25, -0.2) is 0 Å². The molecule has 0 saturated carbocycles. The Hall–Kier alpha value is -0.840. The quantitative estimate of drug-likeness (QED) is 0.587. The Morgan fingerprint density at radius 1 is 1.16 bits per heavy atom. The Kier molecular flexibility index (Phi) is 4.66. The molecule has 98 valence electrons. The van der Waals surface area contributed by atoms with Crippen LogP contribution < -0.4 is 5.73 Å². The molecule has 0 aliphatic heterocycles.